The van der Waals surface area contributed by atoms with Gasteiger partial charge < -0.3 is 10.6 Å². The Balaban J connectivity index is 2.20. The third kappa shape index (κ3) is 3.54. The number of carbonyl (C=O) groups excluding carboxylic acids is 1. The van der Waals surface area contributed by atoms with Gasteiger partial charge in [0.15, 0.2) is 0 Å². The molecule has 0 fully saturated rings. The number of halogens is 2. The first-order valence-corrected chi connectivity index (χ1v) is 6.82. The standard InChI is InChI=1S/C12H10ClIN4O/c1-15-11-6-16-5-10(17-11)12(19)18-9-3-2-7(13)4-8(9)14/h2-6H,1H3,(H,15,17)(H,18,19). The van der Waals surface area contributed by atoms with E-state index >= 15 is 0 Å². The van der Waals surface area contributed by atoms with Gasteiger partial charge in [-0.25, -0.2) is 4.98 Å². The van der Waals surface area contributed by atoms with E-state index in [0.717, 1.165) is 3.57 Å². The lowest BCUT2D eigenvalue weighted by Gasteiger charge is -2.07. The molecule has 1 heterocycles. The van der Waals surface area contributed by atoms with Crippen molar-refractivity contribution in [2.24, 2.45) is 0 Å². The van der Waals surface area contributed by atoms with Crippen LogP contribution in [0.1, 0.15) is 10.5 Å². The van der Waals surface area contributed by atoms with Gasteiger partial charge in [0.2, 0.25) is 0 Å². The molecule has 0 aliphatic heterocycles. The molecule has 2 aromatic rings. The minimum atomic E-state index is -0.315. The highest BCUT2D eigenvalue weighted by atomic mass is 127. The van der Waals surface area contributed by atoms with Crippen LogP contribution in [0.5, 0.6) is 0 Å². The molecule has 2 rings (SSSR count). The highest BCUT2D eigenvalue weighted by Crippen LogP contribution is 2.22. The summed E-state index contributed by atoms with van der Waals surface area (Å²) in [5, 5.41) is 6.23. The molecule has 1 aromatic carbocycles. The van der Waals surface area contributed by atoms with Gasteiger partial charge in [0.25, 0.3) is 5.91 Å². The fraction of sp³-hybridized carbons (Fsp3) is 0.0833. The Morgan fingerprint density at radius 3 is 2.84 bits per heavy atom. The van der Waals surface area contributed by atoms with E-state index in [-0.39, 0.29) is 11.6 Å². The van der Waals surface area contributed by atoms with E-state index < -0.39 is 0 Å². The van der Waals surface area contributed by atoms with Gasteiger partial charge in [-0.3, -0.25) is 9.78 Å². The summed E-state index contributed by atoms with van der Waals surface area (Å²) >= 11 is 7.97. The van der Waals surface area contributed by atoms with Crippen LogP contribution in [0, 0.1) is 3.57 Å². The summed E-state index contributed by atoms with van der Waals surface area (Å²) in [6, 6.07) is 5.24. The Bertz CT molecular complexity index is 620. The Morgan fingerprint density at radius 2 is 2.16 bits per heavy atom. The molecule has 0 saturated heterocycles. The molecule has 1 amide bonds. The van der Waals surface area contributed by atoms with Crippen LogP contribution in [0.3, 0.4) is 0 Å². The number of nitrogens with one attached hydrogen (secondary N) is 2. The van der Waals surface area contributed by atoms with Gasteiger partial charge in [-0.05, 0) is 40.8 Å². The largest absolute Gasteiger partial charge is 0.372 e. The van der Waals surface area contributed by atoms with Crippen LogP contribution in [-0.4, -0.2) is 22.9 Å². The van der Waals surface area contributed by atoms with Gasteiger partial charge in [0.05, 0.1) is 18.1 Å². The van der Waals surface area contributed by atoms with Crippen molar-refractivity contribution in [3.63, 3.8) is 0 Å². The van der Waals surface area contributed by atoms with Crippen molar-refractivity contribution in [3.05, 3.63) is 44.9 Å². The molecule has 0 aliphatic carbocycles. The predicted octanol–water partition coefficient (Wildman–Crippen LogP) is 3.03. The maximum absolute atomic E-state index is 12.0. The second-order valence-electron chi connectivity index (χ2n) is 3.62. The first kappa shape index (κ1) is 14.0. The van der Waals surface area contributed by atoms with Crippen LogP contribution in [0.25, 0.3) is 0 Å². The summed E-state index contributed by atoms with van der Waals surface area (Å²) < 4.78 is 0.858. The monoisotopic (exact) mass is 388 g/mol. The van der Waals surface area contributed by atoms with Crippen molar-refractivity contribution >= 4 is 51.6 Å². The number of aromatic nitrogens is 2. The summed E-state index contributed by atoms with van der Waals surface area (Å²) in [6.45, 7) is 0. The van der Waals surface area contributed by atoms with Gasteiger partial charge >= 0.3 is 0 Å². The number of carbonyl (C=O) groups is 1. The van der Waals surface area contributed by atoms with Gasteiger partial charge in [-0.1, -0.05) is 11.6 Å². The summed E-state index contributed by atoms with van der Waals surface area (Å²) in [5.74, 6) is 0.225. The van der Waals surface area contributed by atoms with Crippen molar-refractivity contribution in [3.8, 4) is 0 Å². The van der Waals surface area contributed by atoms with Crippen LogP contribution >= 0.6 is 34.2 Å². The molecule has 0 aliphatic rings. The molecule has 5 nitrogen and oxygen atoms in total. The summed E-state index contributed by atoms with van der Waals surface area (Å²) in [4.78, 5) is 20.1. The van der Waals surface area contributed by atoms with E-state index in [1.165, 1.54) is 6.20 Å². The van der Waals surface area contributed by atoms with E-state index in [0.29, 0.717) is 16.5 Å². The van der Waals surface area contributed by atoms with Crippen LogP contribution < -0.4 is 10.6 Å². The molecule has 0 radical (unpaired) electrons. The molecule has 7 heteroatoms. The maximum atomic E-state index is 12.0. The SMILES string of the molecule is CNc1cncc(C(=O)Nc2ccc(Cl)cc2I)n1. The van der Waals surface area contributed by atoms with Crippen molar-refractivity contribution in [1.29, 1.82) is 0 Å². The predicted molar refractivity (Wildman–Crippen MR) is 83.7 cm³/mol. The van der Waals surface area contributed by atoms with E-state index in [2.05, 4.69) is 43.2 Å². The molecule has 1 aromatic heterocycles. The highest BCUT2D eigenvalue weighted by Gasteiger charge is 2.11. The quantitative estimate of drug-likeness (QED) is 0.793. The van der Waals surface area contributed by atoms with Crippen LogP contribution in [-0.2, 0) is 0 Å². The molecule has 0 saturated carbocycles. The van der Waals surface area contributed by atoms with Crippen molar-refractivity contribution in [2.75, 3.05) is 17.7 Å². The number of benzene rings is 1. The fourth-order valence-corrected chi connectivity index (χ4v) is 2.38. The maximum Gasteiger partial charge on any atom is 0.275 e. The fourth-order valence-electron chi connectivity index (χ4n) is 1.37. The molecular weight excluding hydrogens is 379 g/mol. The summed E-state index contributed by atoms with van der Waals surface area (Å²) in [7, 11) is 1.72. The van der Waals surface area contributed by atoms with Gasteiger partial charge in [-0.2, -0.15) is 0 Å². The lowest BCUT2D eigenvalue weighted by Crippen LogP contribution is -2.15. The van der Waals surface area contributed by atoms with Crippen LogP contribution in [0.4, 0.5) is 11.5 Å². The van der Waals surface area contributed by atoms with E-state index in [1.54, 1.807) is 31.4 Å². The normalized spacial score (nSPS) is 10.1. The topological polar surface area (TPSA) is 66.9 Å². The van der Waals surface area contributed by atoms with Gasteiger partial charge in [-0.15, -0.1) is 0 Å². The molecule has 0 unspecified atom stereocenters. The number of hydrogen-bond acceptors (Lipinski definition) is 4. The number of rotatable bonds is 3. The molecule has 19 heavy (non-hydrogen) atoms. The van der Waals surface area contributed by atoms with Crippen molar-refractivity contribution in [2.45, 2.75) is 0 Å². The summed E-state index contributed by atoms with van der Waals surface area (Å²) in [5.41, 5.74) is 0.935. The van der Waals surface area contributed by atoms with Crippen molar-refractivity contribution in [1.82, 2.24) is 9.97 Å². The molecule has 0 bridgehead atoms. The Labute approximate surface area is 128 Å². The number of anilines is 2. The lowest BCUT2D eigenvalue weighted by atomic mass is 10.3. The molecule has 2 N–H and O–H groups in total. The first-order chi connectivity index (χ1) is 9.10. The molecule has 98 valence electrons. The third-order valence-electron chi connectivity index (χ3n) is 2.30. The van der Waals surface area contributed by atoms with Gasteiger partial charge in [0, 0.05) is 15.6 Å². The minimum absolute atomic E-state index is 0.248. The number of amides is 1. The van der Waals surface area contributed by atoms with E-state index in [9.17, 15) is 4.79 Å². The zero-order valence-electron chi connectivity index (χ0n) is 9.95. The van der Waals surface area contributed by atoms with Gasteiger partial charge in [0.1, 0.15) is 11.5 Å². The number of nitrogens with zero attached hydrogens (tertiary/aromatic N) is 2. The summed E-state index contributed by atoms with van der Waals surface area (Å²) in [6.07, 6.45) is 2.96. The Morgan fingerprint density at radius 1 is 1.37 bits per heavy atom. The third-order valence-corrected chi connectivity index (χ3v) is 3.43. The zero-order chi connectivity index (χ0) is 13.8. The highest BCUT2D eigenvalue weighted by molar-refractivity contribution is 14.1. The van der Waals surface area contributed by atoms with E-state index in [4.69, 9.17) is 11.6 Å². The Kier molecular flexibility index (Phi) is 4.54. The van der Waals surface area contributed by atoms with Crippen LogP contribution in [0.15, 0.2) is 30.6 Å². The molecular formula is C12H10ClIN4O. The Hall–Kier alpha value is -1.41. The second kappa shape index (κ2) is 6.16. The lowest BCUT2D eigenvalue weighted by molar-refractivity contribution is 0.102. The zero-order valence-corrected chi connectivity index (χ0v) is 12.9. The number of hydrogen-bond donors (Lipinski definition) is 2. The second-order valence-corrected chi connectivity index (χ2v) is 5.22. The molecule has 0 spiro atoms. The van der Waals surface area contributed by atoms with E-state index in [1.807, 2.05) is 0 Å². The molecule has 0 atom stereocenters. The first-order valence-electron chi connectivity index (χ1n) is 5.36. The minimum Gasteiger partial charge on any atom is -0.372 e. The van der Waals surface area contributed by atoms with Crippen molar-refractivity contribution < 1.29 is 4.79 Å². The van der Waals surface area contributed by atoms with Crippen LogP contribution in [0.2, 0.25) is 5.02 Å². The average molecular weight is 389 g/mol. The smallest absolute Gasteiger partial charge is 0.275 e. The average Bonchev–Trinajstić information content (AvgIpc) is 2.42.